The van der Waals surface area contributed by atoms with Crippen molar-refractivity contribution in [1.29, 1.82) is 0 Å². The molecule has 0 fully saturated rings. The fraction of sp³-hybridized carbons (Fsp3) is 0.375. The lowest BCUT2D eigenvalue weighted by atomic mass is 10.3. The topological polar surface area (TPSA) is 34.2 Å². The first kappa shape index (κ1) is 7.68. The molecule has 0 saturated heterocycles. The number of halogens is 1. The van der Waals surface area contributed by atoms with Crippen molar-refractivity contribution >= 4 is 17.4 Å². The molecule has 0 amide bonds. The number of pyridine rings is 1. The van der Waals surface area contributed by atoms with Crippen molar-refractivity contribution in [3.63, 3.8) is 0 Å². The third kappa shape index (κ3) is 1.32. The van der Waals surface area contributed by atoms with E-state index in [0.29, 0.717) is 5.02 Å². The SMILES string of the molecule is CC1CNc2ncc(Cl)cc2O1. The van der Waals surface area contributed by atoms with Crippen LogP contribution in [-0.2, 0) is 0 Å². The maximum Gasteiger partial charge on any atom is 0.169 e. The highest BCUT2D eigenvalue weighted by atomic mass is 35.5. The van der Waals surface area contributed by atoms with Gasteiger partial charge in [-0.05, 0) is 6.92 Å². The Bertz CT molecular complexity index is 303. The number of nitrogens with zero attached hydrogens (tertiary/aromatic N) is 1. The number of nitrogens with one attached hydrogen (secondary N) is 1. The summed E-state index contributed by atoms with van der Waals surface area (Å²) in [6, 6.07) is 1.77. The number of ether oxygens (including phenoxy) is 1. The molecule has 12 heavy (non-hydrogen) atoms. The van der Waals surface area contributed by atoms with Crippen LogP contribution in [0.15, 0.2) is 12.3 Å². The Morgan fingerprint density at radius 1 is 1.75 bits per heavy atom. The van der Waals surface area contributed by atoms with Gasteiger partial charge in [-0.25, -0.2) is 4.98 Å². The molecule has 1 aliphatic heterocycles. The van der Waals surface area contributed by atoms with E-state index < -0.39 is 0 Å². The minimum atomic E-state index is 0.178. The molecule has 0 aliphatic carbocycles. The molecule has 2 rings (SSSR count). The standard InChI is InChI=1S/C8H9ClN2O/c1-5-3-10-8-7(12-5)2-6(9)4-11-8/h2,4-5H,3H2,1H3,(H,10,11). The van der Waals surface area contributed by atoms with E-state index in [4.69, 9.17) is 16.3 Å². The molecule has 2 heterocycles. The first-order valence-electron chi connectivity index (χ1n) is 3.82. The Morgan fingerprint density at radius 3 is 3.42 bits per heavy atom. The molecule has 4 heteroatoms. The third-order valence-electron chi connectivity index (χ3n) is 1.70. The summed E-state index contributed by atoms with van der Waals surface area (Å²) in [5, 5.41) is 3.75. The van der Waals surface area contributed by atoms with E-state index in [2.05, 4.69) is 10.3 Å². The average Bonchev–Trinajstić information content (AvgIpc) is 2.03. The lowest BCUT2D eigenvalue weighted by molar-refractivity contribution is 0.224. The molecule has 0 spiro atoms. The summed E-state index contributed by atoms with van der Waals surface area (Å²) in [6.45, 7) is 2.79. The fourth-order valence-corrected chi connectivity index (χ4v) is 1.29. The molecule has 64 valence electrons. The Kier molecular flexibility index (Phi) is 1.81. The van der Waals surface area contributed by atoms with E-state index in [-0.39, 0.29) is 6.10 Å². The predicted octanol–water partition coefficient (Wildman–Crippen LogP) is 1.93. The second-order valence-corrected chi connectivity index (χ2v) is 3.25. The van der Waals surface area contributed by atoms with Crippen LogP contribution in [0.25, 0.3) is 0 Å². The minimum absolute atomic E-state index is 0.178. The Balaban J connectivity index is 2.37. The summed E-state index contributed by atoms with van der Waals surface area (Å²) in [6.07, 6.45) is 1.78. The van der Waals surface area contributed by atoms with E-state index >= 15 is 0 Å². The highest BCUT2D eigenvalue weighted by Gasteiger charge is 2.15. The summed E-state index contributed by atoms with van der Waals surface area (Å²) in [5.41, 5.74) is 0. The van der Waals surface area contributed by atoms with Crippen LogP contribution in [0.4, 0.5) is 5.82 Å². The summed E-state index contributed by atoms with van der Waals surface area (Å²) < 4.78 is 5.50. The third-order valence-corrected chi connectivity index (χ3v) is 1.91. The van der Waals surface area contributed by atoms with Crippen molar-refractivity contribution in [3.8, 4) is 5.75 Å². The Hall–Kier alpha value is -0.960. The largest absolute Gasteiger partial charge is 0.485 e. The van der Waals surface area contributed by atoms with Gasteiger partial charge < -0.3 is 10.1 Å². The quantitative estimate of drug-likeness (QED) is 0.669. The zero-order valence-corrected chi connectivity index (χ0v) is 7.43. The first-order valence-corrected chi connectivity index (χ1v) is 4.19. The van der Waals surface area contributed by atoms with Gasteiger partial charge in [0.25, 0.3) is 0 Å². The Labute approximate surface area is 75.7 Å². The van der Waals surface area contributed by atoms with Gasteiger partial charge in [0.05, 0.1) is 11.6 Å². The smallest absolute Gasteiger partial charge is 0.169 e. The van der Waals surface area contributed by atoms with Gasteiger partial charge in [0.1, 0.15) is 6.10 Å². The van der Waals surface area contributed by atoms with E-state index in [1.807, 2.05) is 6.92 Å². The summed E-state index contributed by atoms with van der Waals surface area (Å²) in [7, 11) is 0. The monoisotopic (exact) mass is 184 g/mol. The van der Waals surface area contributed by atoms with Crippen molar-refractivity contribution in [2.24, 2.45) is 0 Å². The van der Waals surface area contributed by atoms with Crippen molar-refractivity contribution in [1.82, 2.24) is 4.98 Å². The molecule has 1 aromatic heterocycles. The maximum atomic E-state index is 5.75. The van der Waals surface area contributed by atoms with Crippen LogP contribution >= 0.6 is 11.6 Å². The van der Waals surface area contributed by atoms with Crippen LogP contribution in [0.2, 0.25) is 5.02 Å². The highest BCUT2D eigenvalue weighted by Crippen LogP contribution is 2.28. The van der Waals surface area contributed by atoms with Gasteiger partial charge in [0, 0.05) is 12.3 Å². The van der Waals surface area contributed by atoms with Crippen LogP contribution in [0.1, 0.15) is 6.92 Å². The number of fused-ring (bicyclic) bond motifs is 1. The zero-order chi connectivity index (χ0) is 8.55. The molecule has 1 aliphatic rings. The summed E-state index contributed by atoms with van der Waals surface area (Å²) in [5.74, 6) is 1.51. The first-order chi connectivity index (χ1) is 5.75. The summed E-state index contributed by atoms with van der Waals surface area (Å²) >= 11 is 5.75. The summed E-state index contributed by atoms with van der Waals surface area (Å²) in [4.78, 5) is 4.09. The molecule has 0 radical (unpaired) electrons. The van der Waals surface area contributed by atoms with Crippen molar-refractivity contribution in [2.75, 3.05) is 11.9 Å². The lowest BCUT2D eigenvalue weighted by Crippen LogP contribution is -2.28. The lowest BCUT2D eigenvalue weighted by Gasteiger charge is -2.23. The maximum absolute atomic E-state index is 5.75. The zero-order valence-electron chi connectivity index (χ0n) is 6.67. The number of hydrogen-bond acceptors (Lipinski definition) is 3. The van der Waals surface area contributed by atoms with Crippen molar-refractivity contribution < 1.29 is 4.74 Å². The minimum Gasteiger partial charge on any atom is -0.485 e. The van der Waals surface area contributed by atoms with Gasteiger partial charge >= 0.3 is 0 Å². The van der Waals surface area contributed by atoms with E-state index in [1.165, 1.54) is 0 Å². The normalized spacial score (nSPS) is 20.7. The number of anilines is 1. The molecule has 3 nitrogen and oxygen atoms in total. The van der Waals surface area contributed by atoms with Gasteiger partial charge in [-0.15, -0.1) is 0 Å². The van der Waals surface area contributed by atoms with E-state index in [9.17, 15) is 0 Å². The second-order valence-electron chi connectivity index (χ2n) is 2.81. The predicted molar refractivity (Wildman–Crippen MR) is 47.8 cm³/mol. The van der Waals surface area contributed by atoms with Crippen LogP contribution in [0, 0.1) is 0 Å². The molecule has 0 saturated carbocycles. The number of hydrogen-bond donors (Lipinski definition) is 1. The average molecular weight is 185 g/mol. The molecule has 0 bridgehead atoms. The Morgan fingerprint density at radius 2 is 2.58 bits per heavy atom. The molecular formula is C8H9ClN2O. The van der Waals surface area contributed by atoms with E-state index in [1.54, 1.807) is 12.3 Å². The molecule has 1 N–H and O–H groups in total. The second kappa shape index (κ2) is 2.83. The fourth-order valence-electron chi connectivity index (χ4n) is 1.14. The van der Waals surface area contributed by atoms with Crippen LogP contribution in [0.3, 0.4) is 0 Å². The van der Waals surface area contributed by atoms with Gasteiger partial charge in [0.15, 0.2) is 11.6 Å². The van der Waals surface area contributed by atoms with Gasteiger partial charge in [-0.2, -0.15) is 0 Å². The van der Waals surface area contributed by atoms with Gasteiger partial charge in [-0.3, -0.25) is 0 Å². The number of aromatic nitrogens is 1. The van der Waals surface area contributed by atoms with Crippen molar-refractivity contribution in [3.05, 3.63) is 17.3 Å². The van der Waals surface area contributed by atoms with Crippen LogP contribution in [0.5, 0.6) is 5.75 Å². The number of rotatable bonds is 0. The van der Waals surface area contributed by atoms with Crippen molar-refractivity contribution in [2.45, 2.75) is 13.0 Å². The van der Waals surface area contributed by atoms with Crippen LogP contribution < -0.4 is 10.1 Å². The molecule has 1 atom stereocenters. The van der Waals surface area contributed by atoms with E-state index in [0.717, 1.165) is 18.1 Å². The van der Waals surface area contributed by atoms with Crippen LogP contribution in [-0.4, -0.2) is 17.6 Å². The van der Waals surface area contributed by atoms with Gasteiger partial charge in [-0.1, -0.05) is 11.6 Å². The molecule has 1 unspecified atom stereocenters. The van der Waals surface area contributed by atoms with Gasteiger partial charge in [0.2, 0.25) is 0 Å². The molecule has 1 aromatic rings. The highest BCUT2D eigenvalue weighted by molar-refractivity contribution is 6.30. The molecule has 0 aromatic carbocycles. The molecular weight excluding hydrogens is 176 g/mol.